The number of carbonyl (C=O) groups excluding carboxylic acids is 1. The van der Waals surface area contributed by atoms with Crippen LogP contribution in [0.5, 0.6) is 0 Å². The largest absolute Gasteiger partial charge is 0.450 e. The molecule has 0 aliphatic carbocycles. The van der Waals surface area contributed by atoms with Crippen molar-refractivity contribution in [2.45, 2.75) is 6.92 Å². The summed E-state index contributed by atoms with van der Waals surface area (Å²) in [6, 6.07) is 5.58. The van der Waals surface area contributed by atoms with Gasteiger partial charge in [-0.3, -0.25) is 0 Å². The van der Waals surface area contributed by atoms with Gasteiger partial charge in [0.25, 0.3) is 0 Å². The predicted molar refractivity (Wildman–Crippen MR) is 69.8 cm³/mol. The minimum Gasteiger partial charge on any atom is -0.450 e. The van der Waals surface area contributed by atoms with Crippen molar-refractivity contribution in [3.63, 3.8) is 0 Å². The summed E-state index contributed by atoms with van der Waals surface area (Å²) in [5.74, 6) is 0. The average molecular weight is 260 g/mol. The predicted octanol–water partition coefficient (Wildman–Crippen LogP) is 1.23. The van der Waals surface area contributed by atoms with Crippen molar-refractivity contribution in [2.75, 3.05) is 37.7 Å². The summed E-state index contributed by atoms with van der Waals surface area (Å²) < 4.78 is 4.97. The molecule has 0 saturated carbocycles. The van der Waals surface area contributed by atoms with Crippen LogP contribution in [-0.2, 0) is 4.74 Å². The number of nitrogens with zero attached hydrogens (tertiary/aromatic N) is 4. The van der Waals surface area contributed by atoms with Crippen molar-refractivity contribution >= 4 is 11.8 Å². The molecular weight excluding hydrogens is 244 g/mol. The molecule has 1 fully saturated rings. The lowest BCUT2D eigenvalue weighted by Gasteiger charge is -2.35. The number of hydrogen-bond donors (Lipinski definition) is 0. The van der Waals surface area contributed by atoms with E-state index in [2.05, 4.69) is 9.88 Å². The third kappa shape index (κ3) is 3.13. The van der Waals surface area contributed by atoms with Gasteiger partial charge in [0, 0.05) is 26.2 Å². The fourth-order valence-electron chi connectivity index (χ4n) is 2.00. The molecule has 1 aliphatic heterocycles. The molecule has 1 aliphatic rings. The minimum absolute atomic E-state index is 0.250. The molecule has 0 N–H and O–H groups in total. The fourth-order valence-corrected chi connectivity index (χ4v) is 2.00. The van der Waals surface area contributed by atoms with Gasteiger partial charge in [0.2, 0.25) is 0 Å². The van der Waals surface area contributed by atoms with E-state index in [-0.39, 0.29) is 6.09 Å². The zero-order valence-electron chi connectivity index (χ0n) is 10.9. The second-order valence-corrected chi connectivity index (χ2v) is 4.19. The number of amides is 1. The van der Waals surface area contributed by atoms with Gasteiger partial charge in [-0.2, -0.15) is 5.26 Å². The Morgan fingerprint density at radius 3 is 2.68 bits per heavy atom. The number of nitriles is 1. The Hall–Kier alpha value is -2.29. The molecule has 6 nitrogen and oxygen atoms in total. The van der Waals surface area contributed by atoms with Gasteiger partial charge in [0.15, 0.2) is 0 Å². The van der Waals surface area contributed by atoms with Crippen LogP contribution in [0.1, 0.15) is 12.6 Å². The van der Waals surface area contributed by atoms with Gasteiger partial charge in [-0.05, 0) is 19.1 Å². The van der Waals surface area contributed by atoms with E-state index < -0.39 is 0 Å². The Labute approximate surface area is 112 Å². The van der Waals surface area contributed by atoms with Gasteiger partial charge in [-0.15, -0.1) is 0 Å². The number of anilines is 1. The highest BCUT2D eigenvalue weighted by Gasteiger charge is 2.22. The normalized spacial score (nSPS) is 14.9. The maximum Gasteiger partial charge on any atom is 0.409 e. The van der Waals surface area contributed by atoms with E-state index in [1.807, 2.05) is 12.1 Å². The molecule has 1 amide bonds. The van der Waals surface area contributed by atoms with Crippen molar-refractivity contribution in [2.24, 2.45) is 0 Å². The zero-order valence-corrected chi connectivity index (χ0v) is 10.9. The third-order valence-electron chi connectivity index (χ3n) is 3.03. The number of aromatic nitrogens is 1. The summed E-state index contributed by atoms with van der Waals surface area (Å²) >= 11 is 0. The van der Waals surface area contributed by atoms with Gasteiger partial charge in [-0.25, -0.2) is 9.78 Å². The van der Waals surface area contributed by atoms with Crippen LogP contribution in [0.2, 0.25) is 0 Å². The second-order valence-electron chi connectivity index (χ2n) is 4.19. The van der Waals surface area contributed by atoms with Crippen LogP contribution < -0.4 is 4.90 Å². The number of carbonyl (C=O) groups is 1. The van der Waals surface area contributed by atoms with Crippen LogP contribution in [0.25, 0.3) is 0 Å². The summed E-state index contributed by atoms with van der Waals surface area (Å²) in [5, 5.41) is 8.70. The molecular formula is C13H16N4O2. The molecule has 1 aromatic rings. The van der Waals surface area contributed by atoms with Crippen molar-refractivity contribution in [1.82, 2.24) is 9.88 Å². The van der Waals surface area contributed by atoms with Crippen molar-refractivity contribution < 1.29 is 9.53 Å². The highest BCUT2D eigenvalue weighted by molar-refractivity contribution is 5.68. The van der Waals surface area contributed by atoms with E-state index in [0.29, 0.717) is 25.4 Å². The second kappa shape index (κ2) is 6.05. The van der Waals surface area contributed by atoms with Gasteiger partial charge in [-0.1, -0.05) is 0 Å². The molecule has 19 heavy (non-hydrogen) atoms. The molecule has 100 valence electrons. The lowest BCUT2D eigenvalue weighted by Crippen LogP contribution is -2.49. The van der Waals surface area contributed by atoms with E-state index in [4.69, 9.17) is 10.00 Å². The lowest BCUT2D eigenvalue weighted by atomic mass is 10.2. The van der Waals surface area contributed by atoms with E-state index in [1.54, 1.807) is 24.1 Å². The van der Waals surface area contributed by atoms with E-state index in [1.165, 1.54) is 0 Å². The summed E-state index contributed by atoms with van der Waals surface area (Å²) in [6.45, 7) is 4.96. The molecule has 2 heterocycles. The number of hydrogen-bond acceptors (Lipinski definition) is 5. The summed E-state index contributed by atoms with van der Waals surface area (Å²) in [7, 11) is 0. The number of ether oxygens (including phenoxy) is 1. The molecule has 0 aromatic carbocycles. The van der Waals surface area contributed by atoms with Crippen LogP contribution in [-0.4, -0.2) is 48.8 Å². The van der Waals surface area contributed by atoms with E-state index >= 15 is 0 Å². The monoisotopic (exact) mass is 260 g/mol. The summed E-state index contributed by atoms with van der Waals surface area (Å²) in [5.41, 5.74) is 1.39. The van der Waals surface area contributed by atoms with Crippen LogP contribution >= 0.6 is 0 Å². The zero-order chi connectivity index (χ0) is 13.7. The molecule has 1 saturated heterocycles. The van der Waals surface area contributed by atoms with Crippen molar-refractivity contribution in [3.8, 4) is 6.07 Å². The molecule has 6 heteroatoms. The molecule has 0 spiro atoms. The first kappa shape index (κ1) is 13.1. The van der Waals surface area contributed by atoms with E-state index in [0.717, 1.165) is 18.8 Å². The molecule has 0 bridgehead atoms. The van der Waals surface area contributed by atoms with Gasteiger partial charge >= 0.3 is 6.09 Å². The fraction of sp³-hybridized carbons (Fsp3) is 0.462. The Morgan fingerprint density at radius 2 is 2.16 bits per heavy atom. The summed E-state index contributed by atoms with van der Waals surface area (Å²) in [4.78, 5) is 19.5. The summed E-state index contributed by atoms with van der Waals surface area (Å²) in [6.07, 6.45) is 1.44. The lowest BCUT2D eigenvalue weighted by molar-refractivity contribution is 0.105. The van der Waals surface area contributed by atoms with Gasteiger partial charge in [0.05, 0.1) is 18.5 Å². The maximum absolute atomic E-state index is 11.6. The smallest absolute Gasteiger partial charge is 0.409 e. The highest BCUT2D eigenvalue weighted by atomic mass is 16.6. The number of piperazine rings is 1. The Morgan fingerprint density at radius 1 is 1.42 bits per heavy atom. The van der Waals surface area contributed by atoms with Crippen LogP contribution in [0, 0.1) is 11.3 Å². The van der Waals surface area contributed by atoms with Crippen LogP contribution in [0.4, 0.5) is 10.5 Å². The van der Waals surface area contributed by atoms with E-state index in [9.17, 15) is 4.79 Å². The molecule has 2 rings (SSSR count). The molecule has 0 atom stereocenters. The van der Waals surface area contributed by atoms with Crippen molar-refractivity contribution in [3.05, 3.63) is 24.0 Å². The van der Waals surface area contributed by atoms with Gasteiger partial charge in [0.1, 0.15) is 11.8 Å². The first-order valence-corrected chi connectivity index (χ1v) is 6.27. The topological polar surface area (TPSA) is 69.5 Å². The standard InChI is InChI=1S/C13H16N4O2/c1-2-19-13(18)17-7-5-16(6-8-17)12-4-3-11(9-14)15-10-12/h3-4,10H,2,5-8H2,1H3. The van der Waals surface area contributed by atoms with Crippen LogP contribution in [0.3, 0.4) is 0 Å². The highest BCUT2D eigenvalue weighted by Crippen LogP contribution is 2.15. The Kier molecular flexibility index (Phi) is 4.18. The first-order chi connectivity index (χ1) is 9.24. The number of rotatable bonds is 2. The molecule has 0 unspecified atom stereocenters. The third-order valence-corrected chi connectivity index (χ3v) is 3.03. The maximum atomic E-state index is 11.6. The molecule has 1 aromatic heterocycles. The minimum atomic E-state index is -0.250. The average Bonchev–Trinajstić information content (AvgIpc) is 2.48. The number of pyridine rings is 1. The van der Waals surface area contributed by atoms with Crippen LogP contribution in [0.15, 0.2) is 18.3 Å². The van der Waals surface area contributed by atoms with Crippen molar-refractivity contribution in [1.29, 1.82) is 5.26 Å². The Balaban J connectivity index is 1.92. The quantitative estimate of drug-likeness (QED) is 0.800. The first-order valence-electron chi connectivity index (χ1n) is 6.27. The molecule has 0 radical (unpaired) electrons. The Bertz CT molecular complexity index is 472. The van der Waals surface area contributed by atoms with Gasteiger partial charge < -0.3 is 14.5 Å². The SMILES string of the molecule is CCOC(=O)N1CCN(c2ccc(C#N)nc2)CC1.